The van der Waals surface area contributed by atoms with Crippen molar-refractivity contribution in [3.05, 3.63) is 90.1 Å². The molecule has 1 heterocycles. The second-order valence-electron chi connectivity index (χ2n) is 5.70. The molecule has 0 aliphatic heterocycles. The van der Waals surface area contributed by atoms with Crippen LogP contribution in [0.25, 0.3) is 0 Å². The van der Waals surface area contributed by atoms with Gasteiger partial charge in [-0.1, -0.05) is 60.7 Å². The Hall–Kier alpha value is -2.37. The van der Waals surface area contributed by atoms with Gasteiger partial charge in [-0.25, -0.2) is 8.42 Å². The molecule has 0 amide bonds. The van der Waals surface area contributed by atoms with Gasteiger partial charge >= 0.3 is 0 Å². The minimum atomic E-state index is -3.59. The Bertz CT molecular complexity index is 846. The third-order valence-corrected chi connectivity index (χ3v) is 5.79. The predicted octanol–water partition coefficient (Wildman–Crippen LogP) is 3.42. The number of aryl methyl sites for hydroxylation is 1. The molecule has 24 heavy (non-hydrogen) atoms. The fraction of sp³-hybridized carbons (Fsp3) is 0.158. The van der Waals surface area contributed by atoms with Crippen LogP contribution < -0.4 is 0 Å². The normalized spacial score (nSPS) is 11.8. The molecule has 4 nitrogen and oxygen atoms in total. The Morgan fingerprint density at radius 1 is 0.792 bits per heavy atom. The molecule has 2 aromatic carbocycles. The lowest BCUT2D eigenvalue weighted by Crippen LogP contribution is -2.31. The SMILES string of the molecule is Cn1cccc1S(=O)(=O)N(Cc1ccccc1)Cc1ccccc1. The molecule has 1 aromatic heterocycles. The number of hydrogen-bond donors (Lipinski definition) is 0. The second kappa shape index (κ2) is 7.03. The molecule has 5 heteroatoms. The number of sulfonamides is 1. The van der Waals surface area contributed by atoms with Gasteiger partial charge in [0.05, 0.1) is 0 Å². The molecule has 0 unspecified atom stereocenters. The summed E-state index contributed by atoms with van der Waals surface area (Å²) in [5.41, 5.74) is 1.93. The van der Waals surface area contributed by atoms with Gasteiger partial charge in [-0.05, 0) is 23.3 Å². The number of nitrogens with zero attached hydrogens (tertiary/aromatic N) is 2. The molecule has 0 atom stereocenters. The summed E-state index contributed by atoms with van der Waals surface area (Å²) in [6, 6.07) is 22.7. The van der Waals surface area contributed by atoms with Crippen LogP contribution in [0.5, 0.6) is 0 Å². The summed E-state index contributed by atoms with van der Waals surface area (Å²) in [5, 5.41) is 0.300. The molecule has 124 valence electrons. The highest BCUT2D eigenvalue weighted by molar-refractivity contribution is 7.89. The van der Waals surface area contributed by atoms with Crippen molar-refractivity contribution in [3.63, 3.8) is 0 Å². The van der Waals surface area contributed by atoms with E-state index in [2.05, 4.69) is 0 Å². The van der Waals surface area contributed by atoms with Crippen molar-refractivity contribution in [2.45, 2.75) is 18.1 Å². The molecular weight excluding hydrogens is 320 g/mol. The third kappa shape index (κ3) is 3.58. The predicted molar refractivity (Wildman–Crippen MR) is 94.7 cm³/mol. The van der Waals surface area contributed by atoms with E-state index in [0.717, 1.165) is 11.1 Å². The Morgan fingerprint density at radius 3 is 1.71 bits per heavy atom. The van der Waals surface area contributed by atoms with Crippen molar-refractivity contribution in [3.8, 4) is 0 Å². The van der Waals surface area contributed by atoms with Crippen molar-refractivity contribution in [2.75, 3.05) is 0 Å². The average molecular weight is 340 g/mol. The van der Waals surface area contributed by atoms with E-state index >= 15 is 0 Å². The minimum absolute atomic E-state index is 0.300. The molecule has 3 aromatic rings. The van der Waals surface area contributed by atoms with E-state index in [4.69, 9.17) is 0 Å². The van der Waals surface area contributed by atoms with Crippen molar-refractivity contribution in [2.24, 2.45) is 7.05 Å². The van der Waals surface area contributed by atoms with Crippen LogP contribution in [0.4, 0.5) is 0 Å². The van der Waals surface area contributed by atoms with E-state index in [1.165, 1.54) is 4.31 Å². The van der Waals surface area contributed by atoms with E-state index in [1.807, 2.05) is 60.7 Å². The Labute approximate surface area is 143 Å². The van der Waals surface area contributed by atoms with Crippen molar-refractivity contribution in [1.82, 2.24) is 8.87 Å². The number of benzene rings is 2. The van der Waals surface area contributed by atoms with Gasteiger partial charge in [0.2, 0.25) is 0 Å². The van der Waals surface area contributed by atoms with E-state index in [0.29, 0.717) is 18.1 Å². The number of rotatable bonds is 6. The third-order valence-electron chi connectivity index (χ3n) is 3.90. The maximum atomic E-state index is 13.1. The molecule has 0 saturated carbocycles. The van der Waals surface area contributed by atoms with Crippen LogP contribution in [0.2, 0.25) is 0 Å². The van der Waals surface area contributed by atoms with Crippen LogP contribution in [-0.4, -0.2) is 17.3 Å². The van der Waals surface area contributed by atoms with Crippen LogP contribution in [-0.2, 0) is 30.2 Å². The van der Waals surface area contributed by atoms with Crippen LogP contribution >= 0.6 is 0 Å². The zero-order valence-corrected chi connectivity index (χ0v) is 14.4. The molecule has 0 radical (unpaired) electrons. The summed E-state index contributed by atoms with van der Waals surface area (Å²) in [6.45, 7) is 0.673. The Balaban J connectivity index is 1.96. The highest BCUT2D eigenvalue weighted by atomic mass is 32.2. The minimum Gasteiger partial charge on any atom is -0.341 e. The average Bonchev–Trinajstić information content (AvgIpc) is 3.03. The zero-order chi connectivity index (χ0) is 17.0. The van der Waals surface area contributed by atoms with E-state index in [1.54, 1.807) is 29.9 Å². The Morgan fingerprint density at radius 2 is 1.29 bits per heavy atom. The molecule has 0 spiro atoms. The van der Waals surface area contributed by atoms with Gasteiger partial charge < -0.3 is 4.57 Å². The molecule has 0 aliphatic carbocycles. The van der Waals surface area contributed by atoms with Gasteiger partial charge in [0.1, 0.15) is 5.03 Å². The monoisotopic (exact) mass is 340 g/mol. The molecule has 0 aliphatic rings. The van der Waals surface area contributed by atoms with E-state index in [9.17, 15) is 8.42 Å². The van der Waals surface area contributed by atoms with Gasteiger partial charge in [0.25, 0.3) is 10.0 Å². The largest absolute Gasteiger partial charge is 0.341 e. The number of aromatic nitrogens is 1. The maximum Gasteiger partial charge on any atom is 0.259 e. The first kappa shape index (κ1) is 16.5. The van der Waals surface area contributed by atoms with Gasteiger partial charge in [0, 0.05) is 26.3 Å². The molecule has 0 bridgehead atoms. The summed E-state index contributed by atoms with van der Waals surface area (Å²) in [7, 11) is -1.84. The van der Waals surface area contributed by atoms with Gasteiger partial charge in [0.15, 0.2) is 0 Å². The maximum absolute atomic E-state index is 13.1. The molecule has 3 rings (SSSR count). The first-order valence-corrected chi connectivity index (χ1v) is 9.21. The number of hydrogen-bond acceptors (Lipinski definition) is 2. The van der Waals surface area contributed by atoms with Crippen molar-refractivity contribution in [1.29, 1.82) is 0 Å². The van der Waals surface area contributed by atoms with Crippen LogP contribution in [0.1, 0.15) is 11.1 Å². The first-order chi connectivity index (χ1) is 11.6. The van der Waals surface area contributed by atoms with E-state index < -0.39 is 10.0 Å². The molecule has 0 saturated heterocycles. The molecular formula is C19H20N2O2S. The lowest BCUT2D eigenvalue weighted by Gasteiger charge is -2.22. The lowest BCUT2D eigenvalue weighted by atomic mass is 10.2. The zero-order valence-electron chi connectivity index (χ0n) is 13.5. The van der Waals surface area contributed by atoms with Gasteiger partial charge in [-0.3, -0.25) is 0 Å². The summed E-state index contributed by atoms with van der Waals surface area (Å²) >= 11 is 0. The highest BCUT2D eigenvalue weighted by Gasteiger charge is 2.26. The molecule has 0 fully saturated rings. The Kier molecular flexibility index (Phi) is 4.83. The lowest BCUT2D eigenvalue weighted by molar-refractivity contribution is 0.397. The van der Waals surface area contributed by atoms with Crippen molar-refractivity contribution >= 4 is 10.0 Å². The van der Waals surface area contributed by atoms with Gasteiger partial charge in [-0.15, -0.1) is 0 Å². The summed E-state index contributed by atoms with van der Waals surface area (Å²) < 4.78 is 29.4. The van der Waals surface area contributed by atoms with Crippen molar-refractivity contribution < 1.29 is 8.42 Å². The summed E-state index contributed by atoms with van der Waals surface area (Å²) in [5.74, 6) is 0. The van der Waals surface area contributed by atoms with Crippen LogP contribution in [0.3, 0.4) is 0 Å². The highest BCUT2D eigenvalue weighted by Crippen LogP contribution is 2.21. The first-order valence-electron chi connectivity index (χ1n) is 7.77. The fourth-order valence-corrected chi connectivity index (χ4v) is 4.22. The van der Waals surface area contributed by atoms with Crippen LogP contribution in [0.15, 0.2) is 84.0 Å². The van der Waals surface area contributed by atoms with Crippen LogP contribution in [0, 0.1) is 0 Å². The quantitative estimate of drug-likeness (QED) is 0.690. The topological polar surface area (TPSA) is 42.3 Å². The smallest absolute Gasteiger partial charge is 0.259 e. The van der Waals surface area contributed by atoms with E-state index in [-0.39, 0.29) is 0 Å². The molecule has 0 N–H and O–H groups in total. The van der Waals surface area contributed by atoms with Gasteiger partial charge in [-0.2, -0.15) is 4.31 Å². The standard InChI is InChI=1S/C19H20N2O2S/c1-20-14-8-13-19(20)24(22,23)21(15-17-9-4-2-5-10-17)16-18-11-6-3-7-12-18/h2-14H,15-16H2,1H3. The summed E-state index contributed by atoms with van der Waals surface area (Å²) in [6.07, 6.45) is 1.75. The fourth-order valence-electron chi connectivity index (χ4n) is 2.65. The summed E-state index contributed by atoms with van der Waals surface area (Å²) in [4.78, 5) is 0. The second-order valence-corrected chi connectivity index (χ2v) is 7.59.